The van der Waals surface area contributed by atoms with Gasteiger partial charge in [-0.25, -0.2) is 0 Å². The van der Waals surface area contributed by atoms with Crippen LogP contribution in [0.1, 0.15) is 36.1 Å². The highest BCUT2D eigenvalue weighted by Crippen LogP contribution is 2.58. The normalized spacial score (nSPS) is 25.9. The molecule has 0 saturated heterocycles. The molecule has 3 nitrogen and oxygen atoms in total. The number of amides is 1. The number of aliphatic hydroxyl groups is 1. The highest BCUT2D eigenvalue weighted by molar-refractivity contribution is 7.10. The first-order valence-electron chi connectivity index (χ1n) is 7.63. The van der Waals surface area contributed by atoms with E-state index in [-0.39, 0.29) is 6.61 Å². The van der Waals surface area contributed by atoms with Gasteiger partial charge in [0.2, 0.25) is 5.91 Å². The summed E-state index contributed by atoms with van der Waals surface area (Å²) in [5.74, 6) is 7.96. The third kappa shape index (κ3) is 3.14. The van der Waals surface area contributed by atoms with Crippen molar-refractivity contribution in [1.29, 1.82) is 0 Å². The number of carbonyl (C=O) groups excluding carboxylic acids is 1. The maximum Gasteiger partial charge on any atom is 0.226 e. The number of hydrogen-bond donors (Lipinski definition) is 1. The lowest BCUT2D eigenvalue weighted by atomic mass is 10.1. The summed E-state index contributed by atoms with van der Waals surface area (Å²) in [5.41, 5.74) is 0.979. The largest absolute Gasteiger partial charge is 0.395 e. The monoisotopic (exact) mass is 303 g/mol. The van der Waals surface area contributed by atoms with Crippen molar-refractivity contribution < 1.29 is 9.90 Å². The molecule has 1 aromatic rings. The number of fused-ring (bicyclic) bond motifs is 1. The average molecular weight is 303 g/mol. The van der Waals surface area contributed by atoms with Gasteiger partial charge in [0.1, 0.15) is 0 Å². The van der Waals surface area contributed by atoms with E-state index >= 15 is 0 Å². The standard InChI is InChI=1S/C17H21NO2S/c1-18(17(20)16-14-6-4-7-15(14)16)10-13-9-12(11-21-13)5-2-3-8-19/h9,11,14-16,19H,3-4,6-8,10H2,1H3. The van der Waals surface area contributed by atoms with Crippen LogP contribution in [0.3, 0.4) is 0 Å². The van der Waals surface area contributed by atoms with E-state index in [1.807, 2.05) is 23.4 Å². The Balaban J connectivity index is 1.54. The van der Waals surface area contributed by atoms with E-state index in [1.54, 1.807) is 11.3 Å². The highest BCUT2D eigenvalue weighted by Gasteiger charge is 2.57. The van der Waals surface area contributed by atoms with Crippen molar-refractivity contribution in [2.75, 3.05) is 13.7 Å². The van der Waals surface area contributed by atoms with Crippen molar-refractivity contribution in [3.63, 3.8) is 0 Å². The molecule has 4 heteroatoms. The summed E-state index contributed by atoms with van der Waals surface area (Å²) >= 11 is 1.65. The van der Waals surface area contributed by atoms with E-state index in [9.17, 15) is 4.79 Å². The molecule has 2 atom stereocenters. The van der Waals surface area contributed by atoms with Crippen molar-refractivity contribution in [1.82, 2.24) is 4.90 Å². The predicted molar refractivity (Wildman–Crippen MR) is 83.7 cm³/mol. The van der Waals surface area contributed by atoms with Gasteiger partial charge < -0.3 is 10.0 Å². The van der Waals surface area contributed by atoms with Crippen LogP contribution in [0.15, 0.2) is 11.4 Å². The van der Waals surface area contributed by atoms with E-state index < -0.39 is 0 Å². The Labute approximate surface area is 130 Å². The van der Waals surface area contributed by atoms with Crippen molar-refractivity contribution in [3.8, 4) is 11.8 Å². The molecular formula is C17H21NO2S. The Morgan fingerprint density at radius 1 is 1.48 bits per heavy atom. The van der Waals surface area contributed by atoms with Crippen molar-refractivity contribution in [3.05, 3.63) is 21.9 Å². The molecule has 0 bridgehead atoms. The molecule has 0 spiro atoms. The zero-order valence-corrected chi connectivity index (χ0v) is 13.2. The highest BCUT2D eigenvalue weighted by atomic mass is 32.1. The lowest BCUT2D eigenvalue weighted by molar-refractivity contribution is -0.132. The van der Waals surface area contributed by atoms with Crippen LogP contribution in [0.2, 0.25) is 0 Å². The number of nitrogens with zero attached hydrogens (tertiary/aromatic N) is 1. The second-order valence-corrected chi connectivity index (χ2v) is 7.05. The number of hydrogen-bond acceptors (Lipinski definition) is 3. The maximum atomic E-state index is 12.4. The lowest BCUT2D eigenvalue weighted by Crippen LogP contribution is -2.28. The molecule has 2 fully saturated rings. The Hall–Kier alpha value is -1.31. The van der Waals surface area contributed by atoms with Crippen LogP contribution < -0.4 is 0 Å². The third-order valence-corrected chi connectivity index (χ3v) is 5.51. The second kappa shape index (κ2) is 6.21. The number of rotatable bonds is 4. The molecule has 1 amide bonds. The Morgan fingerprint density at radius 3 is 2.95 bits per heavy atom. The predicted octanol–water partition coefficient (Wildman–Crippen LogP) is 2.49. The number of thiophene rings is 1. The Kier molecular flexibility index (Phi) is 4.32. The smallest absolute Gasteiger partial charge is 0.226 e. The SMILES string of the molecule is CN(Cc1cc(C#CCCO)cs1)C(=O)C1C2CCCC21. The van der Waals surface area contributed by atoms with Gasteiger partial charge >= 0.3 is 0 Å². The molecule has 1 heterocycles. The van der Waals surface area contributed by atoms with Crippen LogP contribution >= 0.6 is 11.3 Å². The minimum absolute atomic E-state index is 0.102. The summed E-state index contributed by atoms with van der Waals surface area (Å²) in [5, 5.41) is 10.7. The summed E-state index contributed by atoms with van der Waals surface area (Å²) in [6.45, 7) is 0.784. The summed E-state index contributed by atoms with van der Waals surface area (Å²) in [4.78, 5) is 15.5. The molecule has 3 rings (SSSR count). The maximum absolute atomic E-state index is 12.4. The Bertz CT molecular complexity index is 573. The van der Waals surface area contributed by atoms with Crippen molar-refractivity contribution >= 4 is 17.2 Å². The molecule has 2 saturated carbocycles. The number of aliphatic hydroxyl groups excluding tert-OH is 1. The zero-order chi connectivity index (χ0) is 14.8. The topological polar surface area (TPSA) is 40.5 Å². The van der Waals surface area contributed by atoms with Gasteiger partial charge in [-0.3, -0.25) is 4.79 Å². The van der Waals surface area contributed by atoms with Gasteiger partial charge in [0.25, 0.3) is 0 Å². The summed E-state index contributed by atoms with van der Waals surface area (Å²) in [6, 6.07) is 2.05. The van der Waals surface area contributed by atoms with Crippen LogP contribution in [0.5, 0.6) is 0 Å². The first kappa shape index (κ1) is 14.6. The van der Waals surface area contributed by atoms with Crippen molar-refractivity contribution in [2.45, 2.75) is 32.2 Å². The summed E-state index contributed by atoms with van der Waals surface area (Å²) in [7, 11) is 1.91. The van der Waals surface area contributed by atoms with E-state index in [0.717, 1.165) is 5.56 Å². The van der Waals surface area contributed by atoms with Crippen LogP contribution in [-0.2, 0) is 11.3 Å². The molecule has 2 unspecified atom stereocenters. The molecule has 2 aliphatic carbocycles. The van der Waals surface area contributed by atoms with Gasteiger partial charge in [-0.1, -0.05) is 18.3 Å². The molecule has 0 aromatic carbocycles. The molecule has 1 N–H and O–H groups in total. The first-order valence-corrected chi connectivity index (χ1v) is 8.51. The third-order valence-electron chi connectivity index (χ3n) is 4.58. The fraction of sp³-hybridized carbons (Fsp3) is 0.588. The molecule has 112 valence electrons. The zero-order valence-electron chi connectivity index (χ0n) is 12.3. The quantitative estimate of drug-likeness (QED) is 0.868. The Morgan fingerprint density at radius 2 is 2.24 bits per heavy atom. The fourth-order valence-electron chi connectivity index (χ4n) is 3.50. The fourth-order valence-corrected chi connectivity index (χ4v) is 4.37. The van der Waals surface area contributed by atoms with Crippen LogP contribution in [-0.4, -0.2) is 29.6 Å². The minimum atomic E-state index is 0.102. The number of carbonyl (C=O) groups is 1. The molecule has 0 aliphatic heterocycles. The summed E-state index contributed by atoms with van der Waals surface area (Å²) < 4.78 is 0. The van der Waals surface area contributed by atoms with E-state index in [0.29, 0.717) is 36.6 Å². The minimum Gasteiger partial charge on any atom is -0.395 e. The summed E-state index contributed by atoms with van der Waals surface area (Å²) in [6.07, 6.45) is 4.31. The molecule has 1 aromatic heterocycles. The van der Waals surface area contributed by atoms with Gasteiger partial charge in [0.15, 0.2) is 0 Å². The van der Waals surface area contributed by atoms with Crippen LogP contribution in [0, 0.1) is 29.6 Å². The van der Waals surface area contributed by atoms with Gasteiger partial charge in [0.05, 0.1) is 13.2 Å². The average Bonchev–Trinajstić information content (AvgIpc) is 2.84. The van der Waals surface area contributed by atoms with Crippen molar-refractivity contribution in [2.24, 2.45) is 17.8 Å². The van der Waals surface area contributed by atoms with Gasteiger partial charge in [-0.15, -0.1) is 11.3 Å². The molecule has 2 aliphatic rings. The molecule has 0 radical (unpaired) electrons. The van der Waals surface area contributed by atoms with Gasteiger partial charge in [-0.2, -0.15) is 0 Å². The molecule has 21 heavy (non-hydrogen) atoms. The second-order valence-electron chi connectivity index (χ2n) is 6.06. The first-order chi connectivity index (χ1) is 10.2. The van der Waals surface area contributed by atoms with Gasteiger partial charge in [0, 0.05) is 35.2 Å². The van der Waals surface area contributed by atoms with Crippen LogP contribution in [0.4, 0.5) is 0 Å². The van der Waals surface area contributed by atoms with E-state index in [4.69, 9.17) is 5.11 Å². The van der Waals surface area contributed by atoms with E-state index in [1.165, 1.54) is 24.1 Å². The van der Waals surface area contributed by atoms with Crippen LogP contribution in [0.25, 0.3) is 0 Å². The van der Waals surface area contributed by atoms with E-state index in [2.05, 4.69) is 11.8 Å². The molecular weight excluding hydrogens is 282 g/mol. The van der Waals surface area contributed by atoms with Gasteiger partial charge in [-0.05, 0) is 30.7 Å². The lowest BCUT2D eigenvalue weighted by Gasteiger charge is -2.17.